The summed E-state index contributed by atoms with van der Waals surface area (Å²) in [6, 6.07) is 78.2. The Morgan fingerprint density at radius 2 is 0.694 bits per heavy atom. The molecule has 4 heteroatoms. The summed E-state index contributed by atoms with van der Waals surface area (Å²) < 4.78 is 4.58. The summed E-state index contributed by atoms with van der Waals surface area (Å²) in [4.78, 5) is 10.1. The molecule has 0 saturated carbocycles. The van der Waals surface area contributed by atoms with Gasteiger partial charge in [-0.2, -0.15) is 0 Å². The minimum atomic E-state index is 0.640. The molecule has 3 aromatic heterocycles. The van der Waals surface area contributed by atoms with Crippen LogP contribution in [0.4, 0.5) is 0 Å². The first-order valence-corrected chi connectivity index (χ1v) is 21.1. The summed E-state index contributed by atoms with van der Waals surface area (Å²) in [5, 5.41) is 4.80. The maximum atomic E-state index is 5.03. The molecule has 0 fully saturated rings. The highest BCUT2D eigenvalue weighted by atomic mass is 15.1. The molecular formula is C58H38N4. The highest BCUT2D eigenvalue weighted by molar-refractivity contribution is 6.12. The first-order valence-electron chi connectivity index (χ1n) is 21.1. The van der Waals surface area contributed by atoms with Crippen LogP contribution in [0.25, 0.3) is 111 Å². The molecule has 0 aliphatic carbocycles. The van der Waals surface area contributed by atoms with Crippen molar-refractivity contribution in [2.45, 2.75) is 0 Å². The number of para-hydroxylation sites is 2. The minimum absolute atomic E-state index is 0.640. The van der Waals surface area contributed by atoms with E-state index in [1.54, 1.807) is 0 Å². The monoisotopic (exact) mass is 790 g/mol. The molecule has 4 nitrogen and oxygen atoms in total. The molecule has 3 heterocycles. The van der Waals surface area contributed by atoms with Crippen LogP contribution < -0.4 is 0 Å². The zero-order valence-corrected chi connectivity index (χ0v) is 33.7. The molecular weight excluding hydrogens is 753 g/mol. The van der Waals surface area contributed by atoms with Crippen molar-refractivity contribution in [1.82, 2.24) is 19.1 Å². The largest absolute Gasteiger partial charge is 0.309 e. The Kier molecular flexibility index (Phi) is 8.46. The number of hydrogen-bond acceptors (Lipinski definition) is 2. The number of aromatic nitrogens is 4. The number of hydrogen-bond donors (Lipinski definition) is 0. The fraction of sp³-hybridized carbons (Fsp3) is 0. The van der Waals surface area contributed by atoms with Crippen molar-refractivity contribution in [2.75, 3.05) is 0 Å². The molecule has 0 N–H and O–H groups in total. The Balaban J connectivity index is 0.916. The first-order chi connectivity index (χ1) is 30.7. The van der Waals surface area contributed by atoms with Crippen LogP contribution in [-0.2, 0) is 0 Å². The van der Waals surface area contributed by atoms with E-state index in [2.05, 4.69) is 228 Å². The molecule has 0 atom stereocenters. The van der Waals surface area contributed by atoms with Crippen LogP contribution in [0.1, 0.15) is 0 Å². The van der Waals surface area contributed by atoms with Gasteiger partial charge in [0.05, 0.1) is 22.1 Å². The second-order valence-corrected chi connectivity index (χ2v) is 15.8. The summed E-state index contributed by atoms with van der Waals surface area (Å²) >= 11 is 0. The highest BCUT2D eigenvalue weighted by Crippen LogP contribution is 2.39. The smallest absolute Gasteiger partial charge is 0.234 e. The van der Waals surface area contributed by atoms with Gasteiger partial charge in [0, 0.05) is 45.2 Å². The lowest BCUT2D eigenvalue weighted by atomic mass is 9.94. The minimum Gasteiger partial charge on any atom is -0.309 e. The third kappa shape index (κ3) is 6.00. The van der Waals surface area contributed by atoms with E-state index in [1.807, 2.05) is 12.4 Å². The number of nitrogens with zero attached hydrogens (tertiary/aromatic N) is 4. The standard InChI is InChI=1S/C58H38N4/c1-3-13-39(14-4-1)41-23-25-43(26-24-41)48-17-7-8-18-49(48)46-37-59-58(60-38-46)62-55-22-12-10-20-51(55)53-35-44(30-34-56(53)62)45-29-33-52-50-19-9-11-21-54(50)61(57(52)36-45)47-31-27-42(28-32-47)40-15-5-2-6-16-40/h1-38H. The average Bonchev–Trinajstić information content (AvgIpc) is 3.87. The van der Waals surface area contributed by atoms with Gasteiger partial charge in [-0.1, -0.05) is 176 Å². The lowest BCUT2D eigenvalue weighted by Crippen LogP contribution is -2.01. The van der Waals surface area contributed by atoms with Crippen LogP contribution in [0.5, 0.6) is 0 Å². The maximum absolute atomic E-state index is 5.03. The van der Waals surface area contributed by atoms with Crippen LogP contribution in [0.15, 0.2) is 231 Å². The van der Waals surface area contributed by atoms with E-state index in [9.17, 15) is 0 Å². The normalized spacial score (nSPS) is 11.5. The van der Waals surface area contributed by atoms with Gasteiger partial charge in [-0.3, -0.25) is 4.57 Å². The van der Waals surface area contributed by atoms with Gasteiger partial charge in [0.15, 0.2) is 0 Å². The molecule has 62 heavy (non-hydrogen) atoms. The van der Waals surface area contributed by atoms with Crippen LogP contribution in [0.2, 0.25) is 0 Å². The van der Waals surface area contributed by atoms with Gasteiger partial charge in [0.2, 0.25) is 5.95 Å². The van der Waals surface area contributed by atoms with E-state index >= 15 is 0 Å². The zero-order chi connectivity index (χ0) is 41.0. The SMILES string of the molecule is c1ccc(-c2ccc(-c3ccccc3-c3cnc(-n4c5ccccc5c5cc(-c6ccc7c8ccccc8n(-c8ccc(-c9ccccc9)cc8)c7c6)ccc54)nc3)cc2)cc1. The summed E-state index contributed by atoms with van der Waals surface area (Å²) in [7, 11) is 0. The Morgan fingerprint density at radius 1 is 0.258 bits per heavy atom. The number of benzene rings is 9. The molecule has 0 bridgehead atoms. The van der Waals surface area contributed by atoms with Gasteiger partial charge in [0.1, 0.15) is 0 Å². The fourth-order valence-corrected chi connectivity index (χ4v) is 9.26. The van der Waals surface area contributed by atoms with Crippen LogP contribution in [0.3, 0.4) is 0 Å². The molecule has 12 rings (SSSR count). The van der Waals surface area contributed by atoms with Crippen molar-refractivity contribution >= 4 is 43.6 Å². The third-order valence-electron chi connectivity index (χ3n) is 12.3. The Bertz CT molecular complexity index is 3580. The summed E-state index contributed by atoms with van der Waals surface area (Å²) in [6.07, 6.45) is 3.91. The van der Waals surface area contributed by atoms with Gasteiger partial charge in [-0.25, -0.2) is 9.97 Å². The summed E-state index contributed by atoms with van der Waals surface area (Å²) in [5.41, 5.74) is 17.2. The first kappa shape index (κ1) is 35.6. The van der Waals surface area contributed by atoms with Crippen molar-refractivity contribution < 1.29 is 0 Å². The van der Waals surface area contributed by atoms with Crippen molar-refractivity contribution in [3.05, 3.63) is 231 Å². The van der Waals surface area contributed by atoms with Gasteiger partial charge >= 0.3 is 0 Å². The van der Waals surface area contributed by atoms with Crippen LogP contribution in [-0.4, -0.2) is 19.1 Å². The molecule has 0 amide bonds. The van der Waals surface area contributed by atoms with E-state index in [0.29, 0.717) is 5.95 Å². The molecule has 12 aromatic rings. The fourth-order valence-electron chi connectivity index (χ4n) is 9.26. The average molecular weight is 791 g/mol. The second-order valence-electron chi connectivity index (χ2n) is 15.8. The molecule has 0 aliphatic heterocycles. The van der Waals surface area contributed by atoms with E-state index in [0.717, 1.165) is 60.9 Å². The van der Waals surface area contributed by atoms with Crippen molar-refractivity contribution in [2.24, 2.45) is 0 Å². The van der Waals surface area contributed by atoms with Crippen molar-refractivity contribution in [3.8, 4) is 67.3 Å². The van der Waals surface area contributed by atoms with E-state index in [-0.39, 0.29) is 0 Å². The van der Waals surface area contributed by atoms with Gasteiger partial charge in [0.25, 0.3) is 0 Å². The zero-order valence-electron chi connectivity index (χ0n) is 33.7. The predicted molar refractivity (Wildman–Crippen MR) is 258 cm³/mol. The highest BCUT2D eigenvalue weighted by Gasteiger charge is 2.18. The number of rotatable bonds is 7. The van der Waals surface area contributed by atoms with Crippen LogP contribution >= 0.6 is 0 Å². The molecule has 0 unspecified atom stereocenters. The lowest BCUT2D eigenvalue weighted by Gasteiger charge is -2.12. The molecule has 0 aliphatic rings. The van der Waals surface area contributed by atoms with E-state index in [1.165, 1.54) is 44.1 Å². The van der Waals surface area contributed by atoms with E-state index < -0.39 is 0 Å². The van der Waals surface area contributed by atoms with Gasteiger partial charge < -0.3 is 4.57 Å². The molecule has 290 valence electrons. The van der Waals surface area contributed by atoms with Crippen molar-refractivity contribution in [3.63, 3.8) is 0 Å². The predicted octanol–water partition coefficient (Wildman–Crippen LogP) is 15.0. The molecule has 9 aromatic carbocycles. The molecule has 0 saturated heterocycles. The summed E-state index contributed by atoms with van der Waals surface area (Å²) in [6.45, 7) is 0. The van der Waals surface area contributed by atoms with Crippen molar-refractivity contribution in [1.29, 1.82) is 0 Å². The topological polar surface area (TPSA) is 35.6 Å². The maximum Gasteiger partial charge on any atom is 0.234 e. The Labute approximate surface area is 359 Å². The Hall–Kier alpha value is -8.34. The van der Waals surface area contributed by atoms with E-state index in [4.69, 9.17) is 9.97 Å². The molecule has 0 spiro atoms. The summed E-state index contributed by atoms with van der Waals surface area (Å²) in [5.74, 6) is 0.640. The number of fused-ring (bicyclic) bond motifs is 6. The lowest BCUT2D eigenvalue weighted by molar-refractivity contribution is 0.990. The van der Waals surface area contributed by atoms with Gasteiger partial charge in [-0.05, 0) is 92.5 Å². The van der Waals surface area contributed by atoms with Gasteiger partial charge in [-0.15, -0.1) is 0 Å². The third-order valence-corrected chi connectivity index (χ3v) is 12.3. The quantitative estimate of drug-likeness (QED) is 0.161. The molecule has 0 radical (unpaired) electrons. The van der Waals surface area contributed by atoms with Crippen LogP contribution in [0, 0.1) is 0 Å². The second kappa shape index (κ2) is 14.7. The Morgan fingerprint density at radius 3 is 1.35 bits per heavy atom.